The van der Waals surface area contributed by atoms with Gasteiger partial charge in [0.15, 0.2) is 0 Å². The predicted molar refractivity (Wildman–Crippen MR) is 121 cm³/mol. The van der Waals surface area contributed by atoms with Crippen molar-refractivity contribution in [3.05, 3.63) is 96.1 Å². The van der Waals surface area contributed by atoms with E-state index in [4.69, 9.17) is 0 Å². The Balaban J connectivity index is 1.19. The number of carbonyl (C=O) groups excluding carboxylic acids is 1. The van der Waals surface area contributed by atoms with Crippen LogP contribution in [-0.4, -0.2) is 56.7 Å². The Morgan fingerprint density at radius 3 is 2.39 bits per heavy atom. The summed E-state index contributed by atoms with van der Waals surface area (Å²) in [6, 6.07) is 22.8. The molecule has 0 atom stereocenters. The summed E-state index contributed by atoms with van der Waals surface area (Å²) < 4.78 is 1.77. The lowest BCUT2D eigenvalue weighted by Crippen LogP contribution is -2.48. The summed E-state index contributed by atoms with van der Waals surface area (Å²) in [5, 5.41) is 6.72. The maximum atomic E-state index is 12.9. The van der Waals surface area contributed by atoms with E-state index >= 15 is 0 Å². The van der Waals surface area contributed by atoms with Gasteiger partial charge in [-0.25, -0.2) is 9.67 Å². The molecule has 0 bridgehead atoms. The molecule has 1 aromatic heterocycles. The topological polar surface area (TPSA) is 54.3 Å². The van der Waals surface area contributed by atoms with E-state index in [1.165, 1.54) is 22.7 Å². The molecule has 0 radical (unpaired) electrons. The molecule has 0 saturated carbocycles. The lowest BCUT2D eigenvalue weighted by Gasteiger charge is -2.35. The Hall–Kier alpha value is -3.51. The number of hydrogen-bond acceptors (Lipinski definition) is 4. The van der Waals surface area contributed by atoms with Crippen LogP contribution < -0.4 is 0 Å². The highest BCUT2D eigenvalue weighted by Crippen LogP contribution is 2.21. The van der Waals surface area contributed by atoms with Crippen LogP contribution in [0.2, 0.25) is 0 Å². The lowest BCUT2D eigenvalue weighted by molar-refractivity contribution is 0.0629. The molecule has 6 nitrogen and oxygen atoms in total. The van der Waals surface area contributed by atoms with Gasteiger partial charge in [-0.05, 0) is 34.0 Å². The Bertz CT molecular complexity index is 1160. The largest absolute Gasteiger partial charge is 0.336 e. The van der Waals surface area contributed by atoms with Crippen LogP contribution in [0.5, 0.6) is 0 Å². The molecule has 156 valence electrons. The number of nitrogens with zero attached hydrogens (tertiary/aromatic N) is 5. The summed E-state index contributed by atoms with van der Waals surface area (Å²) in [6.45, 7) is 4.86. The summed E-state index contributed by atoms with van der Waals surface area (Å²) in [6.07, 6.45) is 3.22. The first-order valence-corrected chi connectivity index (χ1v) is 10.7. The quantitative estimate of drug-likeness (QED) is 0.505. The first-order valence-electron chi connectivity index (χ1n) is 10.7. The van der Waals surface area contributed by atoms with Crippen LogP contribution in [0.15, 0.2) is 79.4 Å². The average Bonchev–Trinajstić information content (AvgIpc) is 3.33. The molecule has 1 aliphatic rings. The van der Waals surface area contributed by atoms with Crippen LogP contribution in [0, 0.1) is 0 Å². The molecular weight excluding hydrogens is 386 g/mol. The van der Waals surface area contributed by atoms with Crippen LogP contribution in [0.1, 0.15) is 21.5 Å². The van der Waals surface area contributed by atoms with E-state index in [1.807, 2.05) is 29.2 Å². The van der Waals surface area contributed by atoms with Crippen LogP contribution in [-0.2, 0) is 13.1 Å². The van der Waals surface area contributed by atoms with Crippen LogP contribution >= 0.6 is 0 Å². The molecule has 0 spiro atoms. The molecule has 31 heavy (non-hydrogen) atoms. The van der Waals surface area contributed by atoms with Crippen molar-refractivity contribution >= 4 is 16.7 Å². The molecule has 2 heterocycles. The molecule has 0 aliphatic carbocycles. The van der Waals surface area contributed by atoms with E-state index in [1.54, 1.807) is 11.0 Å². The van der Waals surface area contributed by atoms with Gasteiger partial charge in [0.1, 0.15) is 12.7 Å². The molecule has 0 N–H and O–H groups in total. The molecule has 0 unspecified atom stereocenters. The summed E-state index contributed by atoms with van der Waals surface area (Å²) in [4.78, 5) is 21.3. The number of rotatable bonds is 5. The SMILES string of the molecule is O=C(c1ccc(Cn2cncn2)cc1)N1CCN(Cc2cccc3ccccc23)CC1. The second-order valence-corrected chi connectivity index (χ2v) is 8.00. The Morgan fingerprint density at radius 2 is 1.61 bits per heavy atom. The van der Waals surface area contributed by atoms with Crippen molar-refractivity contribution in [1.29, 1.82) is 0 Å². The summed E-state index contributed by atoms with van der Waals surface area (Å²) in [5.74, 6) is 0.108. The fraction of sp³-hybridized carbons (Fsp3) is 0.240. The van der Waals surface area contributed by atoms with Gasteiger partial charge >= 0.3 is 0 Å². The minimum atomic E-state index is 0.108. The lowest BCUT2D eigenvalue weighted by atomic mass is 10.0. The maximum absolute atomic E-state index is 12.9. The van der Waals surface area contributed by atoms with Crippen LogP contribution in [0.25, 0.3) is 10.8 Å². The van der Waals surface area contributed by atoms with Crippen molar-refractivity contribution in [2.24, 2.45) is 0 Å². The predicted octanol–water partition coefficient (Wildman–Crippen LogP) is 3.44. The van der Waals surface area contributed by atoms with Gasteiger partial charge in [-0.1, -0.05) is 54.6 Å². The van der Waals surface area contributed by atoms with Crippen molar-refractivity contribution in [2.45, 2.75) is 13.1 Å². The number of carbonyl (C=O) groups is 1. The minimum Gasteiger partial charge on any atom is -0.336 e. The van der Waals surface area contributed by atoms with Gasteiger partial charge in [-0.15, -0.1) is 0 Å². The zero-order chi connectivity index (χ0) is 21.0. The fourth-order valence-corrected chi connectivity index (χ4v) is 4.22. The molecule has 4 aromatic rings. The number of hydrogen-bond donors (Lipinski definition) is 0. The van der Waals surface area contributed by atoms with Gasteiger partial charge < -0.3 is 4.90 Å². The van der Waals surface area contributed by atoms with Gasteiger partial charge in [0.25, 0.3) is 5.91 Å². The van der Waals surface area contributed by atoms with Crippen molar-refractivity contribution < 1.29 is 4.79 Å². The molecule has 1 saturated heterocycles. The highest BCUT2D eigenvalue weighted by atomic mass is 16.2. The Kier molecular flexibility index (Phi) is 5.46. The van der Waals surface area contributed by atoms with Crippen molar-refractivity contribution in [3.8, 4) is 0 Å². The molecule has 1 amide bonds. The van der Waals surface area contributed by atoms with E-state index in [9.17, 15) is 4.79 Å². The molecule has 1 aliphatic heterocycles. The Morgan fingerprint density at radius 1 is 0.839 bits per heavy atom. The van der Waals surface area contributed by atoms with E-state index in [2.05, 4.69) is 57.4 Å². The maximum Gasteiger partial charge on any atom is 0.253 e. The van der Waals surface area contributed by atoms with Crippen molar-refractivity contribution in [3.63, 3.8) is 0 Å². The van der Waals surface area contributed by atoms with Crippen LogP contribution in [0.4, 0.5) is 0 Å². The van der Waals surface area contributed by atoms with Gasteiger partial charge in [0, 0.05) is 38.3 Å². The van der Waals surface area contributed by atoms with Crippen molar-refractivity contribution in [1.82, 2.24) is 24.6 Å². The third kappa shape index (κ3) is 4.34. The van der Waals surface area contributed by atoms with E-state index in [0.717, 1.165) is 43.9 Å². The third-order valence-electron chi connectivity index (χ3n) is 5.95. The van der Waals surface area contributed by atoms with E-state index in [-0.39, 0.29) is 5.91 Å². The number of amides is 1. The summed E-state index contributed by atoms with van der Waals surface area (Å²) in [5.41, 5.74) is 3.19. The molecule has 1 fully saturated rings. The zero-order valence-corrected chi connectivity index (χ0v) is 17.4. The molecule has 3 aromatic carbocycles. The molecule has 6 heteroatoms. The average molecular weight is 412 g/mol. The zero-order valence-electron chi connectivity index (χ0n) is 17.4. The standard InChI is InChI=1S/C25H25N5O/c31-25(22-10-8-20(9-11-22)16-30-19-26-18-27-30)29-14-12-28(13-15-29)17-23-6-3-5-21-4-1-2-7-24(21)23/h1-11,18-19H,12-17H2. The molecule has 5 rings (SSSR count). The Labute approximate surface area is 181 Å². The second-order valence-electron chi connectivity index (χ2n) is 8.00. The highest BCUT2D eigenvalue weighted by Gasteiger charge is 2.22. The number of benzene rings is 3. The summed E-state index contributed by atoms with van der Waals surface area (Å²) in [7, 11) is 0. The molecular formula is C25H25N5O. The number of piperazine rings is 1. The summed E-state index contributed by atoms with van der Waals surface area (Å²) >= 11 is 0. The highest BCUT2D eigenvalue weighted by molar-refractivity contribution is 5.94. The van der Waals surface area contributed by atoms with Crippen molar-refractivity contribution in [2.75, 3.05) is 26.2 Å². The smallest absolute Gasteiger partial charge is 0.253 e. The minimum absolute atomic E-state index is 0.108. The fourth-order valence-electron chi connectivity index (χ4n) is 4.22. The number of aromatic nitrogens is 3. The van der Waals surface area contributed by atoms with E-state index in [0.29, 0.717) is 6.54 Å². The van der Waals surface area contributed by atoms with Crippen LogP contribution in [0.3, 0.4) is 0 Å². The van der Waals surface area contributed by atoms with E-state index < -0.39 is 0 Å². The first kappa shape index (κ1) is 19.5. The third-order valence-corrected chi connectivity index (χ3v) is 5.95. The van der Waals surface area contributed by atoms with Gasteiger partial charge in [0.2, 0.25) is 0 Å². The van der Waals surface area contributed by atoms with Gasteiger partial charge in [0.05, 0.1) is 6.54 Å². The normalized spacial score (nSPS) is 14.8. The van der Waals surface area contributed by atoms with Gasteiger partial charge in [-0.3, -0.25) is 9.69 Å². The monoisotopic (exact) mass is 411 g/mol. The number of fused-ring (bicyclic) bond motifs is 1. The first-order chi connectivity index (χ1) is 15.3. The second kappa shape index (κ2) is 8.70. The van der Waals surface area contributed by atoms with Gasteiger partial charge in [-0.2, -0.15) is 5.10 Å².